The normalized spacial score (nSPS) is 12.9. The number of rotatable bonds is 5. The molecule has 19 heavy (non-hydrogen) atoms. The number of aliphatic hydroxyl groups is 2. The van der Waals surface area contributed by atoms with Crippen molar-refractivity contribution in [2.24, 2.45) is 0 Å². The maximum absolute atomic E-state index is 12.1. The number of para-hydroxylation sites is 1. The van der Waals surface area contributed by atoms with Gasteiger partial charge < -0.3 is 20.8 Å². The van der Waals surface area contributed by atoms with Crippen LogP contribution in [0.25, 0.3) is 0 Å². The van der Waals surface area contributed by atoms with Gasteiger partial charge in [-0.05, 0) is 32.9 Å². The number of amides is 1. The fraction of sp³-hybridized carbons (Fsp3) is 0.500. The third kappa shape index (κ3) is 5.28. The molecule has 1 aromatic carbocycles. The van der Waals surface area contributed by atoms with Crippen molar-refractivity contribution in [3.05, 3.63) is 29.8 Å². The summed E-state index contributed by atoms with van der Waals surface area (Å²) >= 11 is 0. The molecule has 0 spiro atoms. The SMILES string of the molecule is CC(C)(C)NC(=O)c1ccccc1NCC(O)CO. The number of hydrogen-bond donors (Lipinski definition) is 4. The summed E-state index contributed by atoms with van der Waals surface area (Å²) in [6.45, 7) is 5.61. The van der Waals surface area contributed by atoms with Crippen molar-refractivity contribution < 1.29 is 15.0 Å². The van der Waals surface area contributed by atoms with Crippen molar-refractivity contribution in [3.8, 4) is 0 Å². The third-order valence-corrected chi connectivity index (χ3v) is 2.40. The zero-order valence-electron chi connectivity index (χ0n) is 11.6. The Morgan fingerprint density at radius 3 is 2.53 bits per heavy atom. The maximum atomic E-state index is 12.1. The minimum Gasteiger partial charge on any atom is -0.394 e. The topological polar surface area (TPSA) is 81.6 Å². The van der Waals surface area contributed by atoms with Crippen molar-refractivity contribution in [2.45, 2.75) is 32.4 Å². The summed E-state index contributed by atoms with van der Waals surface area (Å²) < 4.78 is 0. The van der Waals surface area contributed by atoms with Crippen molar-refractivity contribution in [2.75, 3.05) is 18.5 Å². The Kier molecular flexibility index (Phi) is 5.32. The highest BCUT2D eigenvalue weighted by Crippen LogP contribution is 2.16. The van der Waals surface area contributed by atoms with Gasteiger partial charge in [-0.1, -0.05) is 12.1 Å². The standard InChI is InChI=1S/C14H22N2O3/c1-14(2,3)16-13(19)11-6-4-5-7-12(11)15-8-10(18)9-17/h4-7,10,15,17-18H,8-9H2,1-3H3,(H,16,19). The molecule has 1 atom stereocenters. The molecule has 0 fully saturated rings. The van der Waals surface area contributed by atoms with E-state index in [9.17, 15) is 9.90 Å². The fourth-order valence-corrected chi connectivity index (χ4v) is 1.54. The van der Waals surface area contributed by atoms with E-state index in [2.05, 4.69) is 10.6 Å². The number of carbonyl (C=O) groups is 1. The maximum Gasteiger partial charge on any atom is 0.253 e. The molecule has 1 rings (SSSR count). The van der Waals surface area contributed by atoms with Gasteiger partial charge in [0.25, 0.3) is 5.91 Å². The molecular formula is C14H22N2O3. The molecule has 0 heterocycles. The van der Waals surface area contributed by atoms with Crippen LogP contribution in [0.3, 0.4) is 0 Å². The van der Waals surface area contributed by atoms with E-state index in [0.29, 0.717) is 11.3 Å². The van der Waals surface area contributed by atoms with Gasteiger partial charge in [-0.25, -0.2) is 0 Å². The lowest BCUT2D eigenvalue weighted by Gasteiger charge is -2.22. The molecule has 0 aliphatic rings. The first-order chi connectivity index (χ1) is 8.83. The zero-order chi connectivity index (χ0) is 14.5. The minimum absolute atomic E-state index is 0.172. The molecule has 5 heteroatoms. The van der Waals surface area contributed by atoms with Gasteiger partial charge in [0, 0.05) is 17.8 Å². The van der Waals surface area contributed by atoms with Crippen molar-refractivity contribution >= 4 is 11.6 Å². The average molecular weight is 266 g/mol. The Hall–Kier alpha value is -1.59. The van der Waals surface area contributed by atoms with Crippen molar-refractivity contribution in [1.29, 1.82) is 0 Å². The van der Waals surface area contributed by atoms with Crippen LogP contribution < -0.4 is 10.6 Å². The van der Waals surface area contributed by atoms with Crippen LogP contribution in [0.2, 0.25) is 0 Å². The number of aliphatic hydroxyl groups excluding tert-OH is 2. The van der Waals surface area contributed by atoms with E-state index in [0.717, 1.165) is 0 Å². The van der Waals surface area contributed by atoms with Crippen LogP contribution in [-0.4, -0.2) is 40.9 Å². The highest BCUT2D eigenvalue weighted by molar-refractivity contribution is 5.99. The van der Waals surface area contributed by atoms with Crippen molar-refractivity contribution in [1.82, 2.24) is 5.32 Å². The number of anilines is 1. The van der Waals surface area contributed by atoms with Gasteiger partial charge in [0.05, 0.1) is 18.3 Å². The Labute approximate surface area is 113 Å². The molecule has 0 saturated heterocycles. The Balaban J connectivity index is 2.81. The molecule has 0 aliphatic carbocycles. The third-order valence-electron chi connectivity index (χ3n) is 2.40. The van der Waals surface area contributed by atoms with Crippen LogP contribution in [0.5, 0.6) is 0 Å². The summed E-state index contributed by atoms with van der Waals surface area (Å²) in [6.07, 6.45) is -0.848. The lowest BCUT2D eigenvalue weighted by molar-refractivity contribution is 0.0919. The molecule has 4 N–H and O–H groups in total. The van der Waals surface area contributed by atoms with Gasteiger partial charge in [0.1, 0.15) is 0 Å². The van der Waals surface area contributed by atoms with Crippen LogP contribution in [0.15, 0.2) is 24.3 Å². The number of benzene rings is 1. The molecule has 1 amide bonds. The van der Waals surface area contributed by atoms with Crippen LogP contribution in [0, 0.1) is 0 Å². The smallest absolute Gasteiger partial charge is 0.253 e. The second-order valence-corrected chi connectivity index (χ2v) is 5.47. The van der Waals surface area contributed by atoms with E-state index in [1.54, 1.807) is 18.2 Å². The number of hydrogen-bond acceptors (Lipinski definition) is 4. The van der Waals surface area contributed by atoms with Gasteiger partial charge in [-0.2, -0.15) is 0 Å². The highest BCUT2D eigenvalue weighted by Gasteiger charge is 2.17. The predicted octanol–water partition coefficient (Wildman–Crippen LogP) is 0.980. The average Bonchev–Trinajstić information content (AvgIpc) is 2.34. The van der Waals surface area contributed by atoms with E-state index >= 15 is 0 Å². The first-order valence-electron chi connectivity index (χ1n) is 6.28. The Bertz CT molecular complexity index is 427. The van der Waals surface area contributed by atoms with E-state index in [1.165, 1.54) is 0 Å². The largest absolute Gasteiger partial charge is 0.394 e. The second-order valence-electron chi connectivity index (χ2n) is 5.47. The quantitative estimate of drug-likeness (QED) is 0.640. The summed E-state index contributed by atoms with van der Waals surface area (Å²) in [5, 5.41) is 23.9. The lowest BCUT2D eigenvalue weighted by Crippen LogP contribution is -2.40. The first-order valence-corrected chi connectivity index (χ1v) is 6.28. The Morgan fingerprint density at radius 2 is 1.95 bits per heavy atom. The van der Waals surface area contributed by atoms with Crippen molar-refractivity contribution in [3.63, 3.8) is 0 Å². The van der Waals surface area contributed by atoms with E-state index in [4.69, 9.17) is 5.11 Å². The highest BCUT2D eigenvalue weighted by atomic mass is 16.3. The summed E-state index contributed by atoms with van der Waals surface area (Å²) in [5.74, 6) is -0.172. The monoisotopic (exact) mass is 266 g/mol. The molecular weight excluding hydrogens is 244 g/mol. The molecule has 106 valence electrons. The number of carbonyl (C=O) groups excluding carboxylic acids is 1. The summed E-state index contributed by atoms with van der Waals surface area (Å²) in [7, 11) is 0. The molecule has 0 aromatic heterocycles. The Morgan fingerprint density at radius 1 is 1.32 bits per heavy atom. The minimum atomic E-state index is -0.848. The summed E-state index contributed by atoms with van der Waals surface area (Å²) in [4.78, 5) is 12.1. The molecule has 1 unspecified atom stereocenters. The molecule has 0 aliphatic heterocycles. The van der Waals surface area contributed by atoms with Gasteiger partial charge in [-0.15, -0.1) is 0 Å². The fourth-order valence-electron chi connectivity index (χ4n) is 1.54. The van der Waals surface area contributed by atoms with E-state index < -0.39 is 6.10 Å². The van der Waals surface area contributed by atoms with E-state index in [1.807, 2.05) is 26.8 Å². The van der Waals surface area contributed by atoms with Crippen LogP contribution >= 0.6 is 0 Å². The van der Waals surface area contributed by atoms with Gasteiger partial charge in [0.2, 0.25) is 0 Å². The van der Waals surface area contributed by atoms with Gasteiger partial charge >= 0.3 is 0 Å². The zero-order valence-corrected chi connectivity index (χ0v) is 11.6. The lowest BCUT2D eigenvalue weighted by atomic mass is 10.1. The molecule has 1 aromatic rings. The molecule has 0 saturated carbocycles. The van der Waals surface area contributed by atoms with E-state index in [-0.39, 0.29) is 24.6 Å². The van der Waals surface area contributed by atoms with Crippen LogP contribution in [0.4, 0.5) is 5.69 Å². The first kappa shape index (κ1) is 15.5. The molecule has 0 radical (unpaired) electrons. The van der Waals surface area contributed by atoms with Crippen LogP contribution in [0.1, 0.15) is 31.1 Å². The van der Waals surface area contributed by atoms with Gasteiger partial charge in [-0.3, -0.25) is 4.79 Å². The predicted molar refractivity (Wildman–Crippen MR) is 75.2 cm³/mol. The van der Waals surface area contributed by atoms with Crippen LogP contribution in [-0.2, 0) is 0 Å². The molecule has 5 nitrogen and oxygen atoms in total. The number of nitrogens with one attached hydrogen (secondary N) is 2. The van der Waals surface area contributed by atoms with Gasteiger partial charge in [0.15, 0.2) is 0 Å². The second kappa shape index (κ2) is 6.54. The summed E-state index contributed by atoms with van der Waals surface area (Å²) in [5.41, 5.74) is 0.841. The molecule has 0 bridgehead atoms. The summed E-state index contributed by atoms with van der Waals surface area (Å²) in [6, 6.07) is 7.07.